The Balaban J connectivity index is 1.95. The summed E-state index contributed by atoms with van der Waals surface area (Å²) in [6.07, 6.45) is 4.85. The molecule has 0 spiro atoms. The highest BCUT2D eigenvalue weighted by molar-refractivity contribution is 9.10. The molecule has 0 bridgehead atoms. The monoisotopic (exact) mass is 376 g/mol. The Morgan fingerprint density at radius 2 is 2.05 bits per heavy atom. The maximum absolute atomic E-state index is 12.3. The van der Waals surface area contributed by atoms with Crippen molar-refractivity contribution in [2.24, 2.45) is 0 Å². The normalized spacial score (nSPS) is 16.5. The van der Waals surface area contributed by atoms with Crippen LogP contribution in [0.2, 0.25) is 0 Å². The molecule has 1 aromatic rings. The van der Waals surface area contributed by atoms with Crippen LogP contribution in [0.5, 0.6) is 0 Å². The molecule has 1 aliphatic rings. The van der Waals surface area contributed by atoms with Gasteiger partial charge in [0.15, 0.2) is 0 Å². The topological polar surface area (TPSA) is 81.4 Å². The molecule has 21 heavy (non-hydrogen) atoms. The van der Waals surface area contributed by atoms with Crippen molar-refractivity contribution in [1.82, 2.24) is 4.72 Å². The van der Waals surface area contributed by atoms with Crippen LogP contribution in [0.15, 0.2) is 21.5 Å². The molecule has 7 heteroatoms. The number of rotatable bonds is 6. The van der Waals surface area contributed by atoms with E-state index in [4.69, 9.17) is 10.5 Å². The van der Waals surface area contributed by atoms with Crippen molar-refractivity contribution in [3.05, 3.63) is 22.2 Å². The minimum Gasteiger partial charge on any atom is -0.398 e. The molecule has 0 atom stereocenters. The van der Waals surface area contributed by atoms with E-state index in [0.29, 0.717) is 22.3 Å². The number of nitrogens with one attached hydrogen (secondary N) is 1. The third-order valence-electron chi connectivity index (χ3n) is 3.70. The molecule has 1 saturated carbocycles. The van der Waals surface area contributed by atoms with Crippen LogP contribution in [-0.2, 0) is 14.8 Å². The number of benzene rings is 1. The van der Waals surface area contributed by atoms with Crippen LogP contribution < -0.4 is 10.5 Å². The number of nitrogens with two attached hydrogens (primary N) is 1. The molecule has 0 aliphatic heterocycles. The van der Waals surface area contributed by atoms with Gasteiger partial charge in [-0.25, -0.2) is 13.1 Å². The summed E-state index contributed by atoms with van der Waals surface area (Å²) < 4.78 is 33.5. The van der Waals surface area contributed by atoms with Crippen LogP contribution >= 0.6 is 15.9 Å². The first kappa shape index (κ1) is 16.7. The molecule has 1 aromatic carbocycles. The molecular formula is C14H21BrN2O3S. The highest BCUT2D eigenvalue weighted by Gasteiger charge is 2.19. The van der Waals surface area contributed by atoms with E-state index in [2.05, 4.69) is 20.7 Å². The summed E-state index contributed by atoms with van der Waals surface area (Å²) in [7, 11) is -3.57. The van der Waals surface area contributed by atoms with Gasteiger partial charge in [0, 0.05) is 16.7 Å². The summed E-state index contributed by atoms with van der Waals surface area (Å²) in [4.78, 5) is 0.204. The van der Waals surface area contributed by atoms with E-state index in [0.717, 1.165) is 12.8 Å². The van der Waals surface area contributed by atoms with Gasteiger partial charge in [0.2, 0.25) is 10.0 Å². The number of hydrogen-bond donors (Lipinski definition) is 2. The summed E-state index contributed by atoms with van der Waals surface area (Å²) in [5.74, 6) is 0. The molecule has 1 aliphatic carbocycles. The Hall–Kier alpha value is -0.630. The molecule has 118 valence electrons. The lowest BCUT2D eigenvalue weighted by atomic mass is 10.2. The van der Waals surface area contributed by atoms with Gasteiger partial charge < -0.3 is 10.5 Å². The standard InChI is InChI=1S/C14H21BrN2O3S/c1-10-13(16)8-11(15)9-14(10)21(18,19)17-6-7-20-12-4-2-3-5-12/h8-9,12,17H,2-7,16H2,1H3. The summed E-state index contributed by atoms with van der Waals surface area (Å²) >= 11 is 3.27. The lowest BCUT2D eigenvalue weighted by molar-refractivity contribution is 0.0626. The first-order valence-electron chi connectivity index (χ1n) is 7.07. The van der Waals surface area contributed by atoms with Gasteiger partial charge in [-0.05, 0) is 37.5 Å². The summed E-state index contributed by atoms with van der Waals surface area (Å²) in [6, 6.07) is 3.25. The maximum Gasteiger partial charge on any atom is 0.241 e. The van der Waals surface area contributed by atoms with E-state index in [-0.39, 0.29) is 17.5 Å². The predicted molar refractivity (Wildman–Crippen MR) is 86.7 cm³/mol. The zero-order valence-electron chi connectivity index (χ0n) is 12.1. The zero-order chi connectivity index (χ0) is 15.5. The first-order valence-corrected chi connectivity index (χ1v) is 9.34. The number of sulfonamides is 1. The second-order valence-corrected chi connectivity index (χ2v) is 7.94. The van der Waals surface area contributed by atoms with Crippen LogP contribution in [0.4, 0.5) is 5.69 Å². The van der Waals surface area contributed by atoms with E-state index in [1.54, 1.807) is 19.1 Å². The SMILES string of the molecule is Cc1c(N)cc(Br)cc1S(=O)(=O)NCCOC1CCCC1. The van der Waals surface area contributed by atoms with Crippen LogP contribution in [-0.4, -0.2) is 27.7 Å². The average Bonchev–Trinajstić information content (AvgIpc) is 2.92. The van der Waals surface area contributed by atoms with Crippen molar-refractivity contribution in [1.29, 1.82) is 0 Å². The smallest absolute Gasteiger partial charge is 0.241 e. The Morgan fingerprint density at radius 1 is 1.38 bits per heavy atom. The Morgan fingerprint density at radius 3 is 2.71 bits per heavy atom. The van der Waals surface area contributed by atoms with Gasteiger partial charge in [-0.2, -0.15) is 0 Å². The van der Waals surface area contributed by atoms with E-state index in [1.165, 1.54) is 12.8 Å². The van der Waals surface area contributed by atoms with E-state index >= 15 is 0 Å². The Labute approximate surface area is 134 Å². The van der Waals surface area contributed by atoms with E-state index in [9.17, 15) is 8.42 Å². The average molecular weight is 377 g/mol. The number of anilines is 1. The van der Waals surface area contributed by atoms with Crippen molar-refractivity contribution in [3.63, 3.8) is 0 Å². The fraction of sp³-hybridized carbons (Fsp3) is 0.571. The molecular weight excluding hydrogens is 356 g/mol. The van der Waals surface area contributed by atoms with Crippen LogP contribution in [0.1, 0.15) is 31.2 Å². The van der Waals surface area contributed by atoms with Crippen molar-refractivity contribution in [3.8, 4) is 0 Å². The quantitative estimate of drug-likeness (QED) is 0.590. The summed E-state index contributed by atoms with van der Waals surface area (Å²) in [5.41, 5.74) is 6.82. The van der Waals surface area contributed by atoms with Crippen LogP contribution in [0, 0.1) is 6.92 Å². The van der Waals surface area contributed by atoms with Gasteiger partial charge in [0.1, 0.15) is 0 Å². The fourth-order valence-electron chi connectivity index (χ4n) is 2.49. The molecule has 0 unspecified atom stereocenters. The number of nitrogen functional groups attached to an aromatic ring is 1. The molecule has 0 saturated heterocycles. The van der Waals surface area contributed by atoms with Gasteiger partial charge >= 0.3 is 0 Å². The fourth-order valence-corrected chi connectivity index (χ4v) is 4.43. The first-order chi connectivity index (χ1) is 9.90. The van der Waals surface area contributed by atoms with E-state index in [1.807, 2.05) is 0 Å². The van der Waals surface area contributed by atoms with Gasteiger partial charge in [-0.3, -0.25) is 0 Å². The molecule has 5 nitrogen and oxygen atoms in total. The van der Waals surface area contributed by atoms with Crippen molar-refractivity contribution in [2.45, 2.75) is 43.6 Å². The van der Waals surface area contributed by atoms with Crippen LogP contribution in [0.25, 0.3) is 0 Å². The Kier molecular flexibility index (Phi) is 5.65. The van der Waals surface area contributed by atoms with Crippen molar-refractivity contribution >= 4 is 31.6 Å². The molecule has 2 rings (SSSR count). The van der Waals surface area contributed by atoms with Crippen molar-refractivity contribution in [2.75, 3.05) is 18.9 Å². The minimum absolute atomic E-state index is 0.204. The van der Waals surface area contributed by atoms with Gasteiger partial charge in [0.25, 0.3) is 0 Å². The summed E-state index contributed by atoms with van der Waals surface area (Å²) in [5, 5.41) is 0. The lowest BCUT2D eigenvalue weighted by Gasteiger charge is -2.13. The third-order valence-corrected chi connectivity index (χ3v) is 5.75. The molecule has 0 amide bonds. The van der Waals surface area contributed by atoms with E-state index < -0.39 is 10.0 Å². The third kappa shape index (κ3) is 4.42. The highest BCUT2D eigenvalue weighted by Crippen LogP contribution is 2.26. The summed E-state index contributed by atoms with van der Waals surface area (Å²) in [6.45, 7) is 2.36. The maximum atomic E-state index is 12.3. The largest absolute Gasteiger partial charge is 0.398 e. The van der Waals surface area contributed by atoms with Gasteiger partial charge in [0.05, 0.1) is 17.6 Å². The molecule has 0 heterocycles. The van der Waals surface area contributed by atoms with Crippen LogP contribution in [0.3, 0.4) is 0 Å². The second kappa shape index (κ2) is 7.09. The highest BCUT2D eigenvalue weighted by atomic mass is 79.9. The lowest BCUT2D eigenvalue weighted by Crippen LogP contribution is -2.29. The number of hydrogen-bond acceptors (Lipinski definition) is 4. The van der Waals surface area contributed by atoms with Crippen molar-refractivity contribution < 1.29 is 13.2 Å². The molecule has 3 N–H and O–H groups in total. The predicted octanol–water partition coefficient (Wildman–Crippen LogP) is 2.58. The Bertz CT molecular complexity index is 598. The number of ether oxygens (including phenoxy) is 1. The minimum atomic E-state index is -3.57. The molecule has 0 radical (unpaired) electrons. The molecule has 0 aromatic heterocycles. The van der Waals surface area contributed by atoms with Gasteiger partial charge in [-0.15, -0.1) is 0 Å². The number of halogens is 1. The molecule has 1 fully saturated rings. The zero-order valence-corrected chi connectivity index (χ0v) is 14.5. The van der Waals surface area contributed by atoms with Gasteiger partial charge in [-0.1, -0.05) is 28.8 Å². The second-order valence-electron chi connectivity index (χ2n) is 5.29.